The van der Waals surface area contributed by atoms with E-state index in [2.05, 4.69) is 20.9 Å². The molecule has 4 nitrogen and oxygen atoms in total. The van der Waals surface area contributed by atoms with Crippen LogP contribution in [0.5, 0.6) is 0 Å². The van der Waals surface area contributed by atoms with Crippen LogP contribution in [0.25, 0.3) is 0 Å². The molecule has 0 atom stereocenters. The van der Waals surface area contributed by atoms with Crippen molar-refractivity contribution in [2.75, 3.05) is 17.2 Å². The fraction of sp³-hybridized carbons (Fsp3) is 0.143. The SMILES string of the molecule is CCN(C(=O)c1cc(Br)cnc1N)c1cccc(F)c1. The lowest BCUT2D eigenvalue weighted by atomic mass is 10.2. The largest absolute Gasteiger partial charge is 0.383 e. The molecule has 2 rings (SSSR count). The number of nitrogens with two attached hydrogens (primary N) is 1. The first kappa shape index (κ1) is 14.5. The van der Waals surface area contributed by atoms with Crippen LogP contribution in [0.1, 0.15) is 17.3 Å². The number of hydrogen-bond donors (Lipinski definition) is 1. The maximum Gasteiger partial charge on any atom is 0.262 e. The molecule has 0 aliphatic carbocycles. The number of carbonyl (C=O) groups is 1. The second-order valence-corrected chi connectivity index (χ2v) is 5.03. The highest BCUT2D eigenvalue weighted by atomic mass is 79.9. The minimum Gasteiger partial charge on any atom is -0.383 e. The van der Waals surface area contributed by atoms with Gasteiger partial charge in [0.15, 0.2) is 0 Å². The number of nitrogen functional groups attached to an aromatic ring is 1. The molecule has 2 aromatic rings. The number of anilines is 2. The van der Waals surface area contributed by atoms with Gasteiger partial charge in [-0.2, -0.15) is 0 Å². The second kappa shape index (κ2) is 6.00. The Morgan fingerprint density at radius 3 is 2.85 bits per heavy atom. The molecule has 20 heavy (non-hydrogen) atoms. The highest BCUT2D eigenvalue weighted by Gasteiger charge is 2.19. The molecule has 1 heterocycles. The zero-order valence-electron chi connectivity index (χ0n) is 10.8. The van der Waals surface area contributed by atoms with E-state index in [0.29, 0.717) is 16.7 Å². The molecule has 104 valence electrons. The van der Waals surface area contributed by atoms with Gasteiger partial charge in [0.05, 0.1) is 5.56 Å². The van der Waals surface area contributed by atoms with Gasteiger partial charge in [0.1, 0.15) is 11.6 Å². The van der Waals surface area contributed by atoms with Gasteiger partial charge in [-0.1, -0.05) is 6.07 Å². The second-order valence-electron chi connectivity index (χ2n) is 4.12. The van der Waals surface area contributed by atoms with Gasteiger partial charge in [-0.05, 0) is 47.1 Å². The fourth-order valence-corrected chi connectivity index (χ4v) is 2.19. The van der Waals surface area contributed by atoms with Gasteiger partial charge in [0.2, 0.25) is 0 Å². The van der Waals surface area contributed by atoms with Crippen molar-refractivity contribution in [3.05, 3.63) is 52.4 Å². The molecule has 0 saturated heterocycles. The van der Waals surface area contributed by atoms with Crippen molar-refractivity contribution in [3.8, 4) is 0 Å². The highest BCUT2D eigenvalue weighted by Crippen LogP contribution is 2.22. The zero-order valence-corrected chi connectivity index (χ0v) is 12.4. The molecule has 0 fully saturated rings. The third kappa shape index (κ3) is 2.96. The summed E-state index contributed by atoms with van der Waals surface area (Å²) in [4.78, 5) is 17.9. The molecule has 1 aromatic carbocycles. The number of aromatic nitrogens is 1. The van der Waals surface area contributed by atoms with E-state index in [9.17, 15) is 9.18 Å². The van der Waals surface area contributed by atoms with Gasteiger partial charge in [-0.3, -0.25) is 4.79 Å². The third-order valence-electron chi connectivity index (χ3n) is 2.80. The first-order chi connectivity index (χ1) is 9.52. The van der Waals surface area contributed by atoms with Crippen molar-refractivity contribution < 1.29 is 9.18 Å². The standard InChI is InChI=1S/C14H13BrFN3O/c1-2-19(11-5-3-4-10(16)7-11)14(20)12-6-9(15)8-18-13(12)17/h3-8H,2H2,1H3,(H2,17,18). The molecule has 0 bridgehead atoms. The van der Waals surface area contributed by atoms with Gasteiger partial charge in [0, 0.05) is 22.9 Å². The summed E-state index contributed by atoms with van der Waals surface area (Å²) in [6, 6.07) is 7.47. The van der Waals surface area contributed by atoms with Crippen LogP contribution in [0.3, 0.4) is 0 Å². The van der Waals surface area contributed by atoms with Crippen molar-refractivity contribution in [1.29, 1.82) is 0 Å². The molecular formula is C14H13BrFN3O. The molecule has 2 N–H and O–H groups in total. The number of carbonyl (C=O) groups excluding carboxylic acids is 1. The number of rotatable bonds is 3. The molecule has 1 amide bonds. The predicted molar refractivity (Wildman–Crippen MR) is 80.1 cm³/mol. The van der Waals surface area contributed by atoms with E-state index in [1.165, 1.54) is 23.2 Å². The Morgan fingerprint density at radius 2 is 2.20 bits per heavy atom. The van der Waals surface area contributed by atoms with Gasteiger partial charge in [0.25, 0.3) is 5.91 Å². The van der Waals surface area contributed by atoms with Crippen molar-refractivity contribution in [1.82, 2.24) is 4.98 Å². The van der Waals surface area contributed by atoms with Crippen LogP contribution in [-0.4, -0.2) is 17.4 Å². The van der Waals surface area contributed by atoms with Crippen molar-refractivity contribution >= 4 is 33.3 Å². The van der Waals surface area contributed by atoms with Gasteiger partial charge in [-0.15, -0.1) is 0 Å². The lowest BCUT2D eigenvalue weighted by Crippen LogP contribution is -2.31. The zero-order chi connectivity index (χ0) is 14.7. The number of halogens is 2. The van der Waals surface area contributed by atoms with Crippen LogP contribution in [0, 0.1) is 5.82 Å². The van der Waals surface area contributed by atoms with E-state index >= 15 is 0 Å². The summed E-state index contributed by atoms with van der Waals surface area (Å²) in [6.07, 6.45) is 1.52. The Morgan fingerprint density at radius 1 is 1.45 bits per heavy atom. The van der Waals surface area contributed by atoms with Crippen molar-refractivity contribution in [3.63, 3.8) is 0 Å². The number of benzene rings is 1. The van der Waals surface area contributed by atoms with Crippen LogP contribution in [0.2, 0.25) is 0 Å². The smallest absolute Gasteiger partial charge is 0.262 e. The number of amides is 1. The van der Waals surface area contributed by atoms with Gasteiger partial charge in [-0.25, -0.2) is 9.37 Å². The molecule has 0 unspecified atom stereocenters. The number of nitrogens with zero attached hydrogens (tertiary/aromatic N) is 2. The minimum atomic E-state index is -0.394. The van der Waals surface area contributed by atoms with E-state index in [1.807, 2.05) is 6.92 Å². The maximum atomic E-state index is 13.3. The summed E-state index contributed by atoms with van der Waals surface area (Å²) >= 11 is 3.25. The summed E-state index contributed by atoms with van der Waals surface area (Å²) < 4.78 is 13.9. The molecule has 0 saturated carbocycles. The fourth-order valence-electron chi connectivity index (χ4n) is 1.85. The first-order valence-electron chi connectivity index (χ1n) is 6.01. The summed E-state index contributed by atoms with van der Waals surface area (Å²) in [5.41, 5.74) is 6.50. The Hall–Kier alpha value is -1.95. The van der Waals surface area contributed by atoms with E-state index < -0.39 is 5.82 Å². The summed E-state index contributed by atoms with van der Waals surface area (Å²) in [5.74, 6) is -0.563. The topological polar surface area (TPSA) is 59.2 Å². The van der Waals surface area contributed by atoms with E-state index in [-0.39, 0.29) is 17.3 Å². The number of hydrogen-bond acceptors (Lipinski definition) is 3. The summed E-state index contributed by atoms with van der Waals surface area (Å²) in [5, 5.41) is 0. The third-order valence-corrected chi connectivity index (χ3v) is 3.23. The average Bonchev–Trinajstić information content (AvgIpc) is 2.42. The monoisotopic (exact) mass is 337 g/mol. The van der Waals surface area contributed by atoms with Crippen molar-refractivity contribution in [2.45, 2.75) is 6.92 Å². The average molecular weight is 338 g/mol. The van der Waals surface area contributed by atoms with E-state index in [0.717, 1.165) is 0 Å². The van der Waals surface area contributed by atoms with Gasteiger partial charge >= 0.3 is 0 Å². The predicted octanol–water partition coefficient (Wildman–Crippen LogP) is 3.23. The van der Waals surface area contributed by atoms with E-state index in [4.69, 9.17) is 5.73 Å². The molecule has 0 radical (unpaired) electrons. The Kier molecular flexibility index (Phi) is 4.34. The van der Waals surface area contributed by atoms with Crippen LogP contribution >= 0.6 is 15.9 Å². The lowest BCUT2D eigenvalue weighted by Gasteiger charge is -2.21. The molecule has 0 aliphatic rings. The maximum absolute atomic E-state index is 13.3. The van der Waals surface area contributed by atoms with E-state index in [1.54, 1.807) is 18.2 Å². The molecule has 0 aliphatic heterocycles. The van der Waals surface area contributed by atoms with Crippen LogP contribution in [0.15, 0.2) is 41.0 Å². The van der Waals surface area contributed by atoms with Crippen molar-refractivity contribution in [2.24, 2.45) is 0 Å². The first-order valence-corrected chi connectivity index (χ1v) is 6.80. The van der Waals surface area contributed by atoms with Crippen LogP contribution < -0.4 is 10.6 Å². The van der Waals surface area contributed by atoms with Crippen LogP contribution in [0.4, 0.5) is 15.9 Å². The Balaban J connectivity index is 2.41. The normalized spacial score (nSPS) is 10.3. The highest BCUT2D eigenvalue weighted by molar-refractivity contribution is 9.10. The lowest BCUT2D eigenvalue weighted by molar-refractivity contribution is 0.0989. The molecular weight excluding hydrogens is 325 g/mol. The Labute approximate surface area is 124 Å². The minimum absolute atomic E-state index is 0.146. The molecule has 0 spiro atoms. The van der Waals surface area contributed by atoms with Crippen LogP contribution in [-0.2, 0) is 0 Å². The summed E-state index contributed by atoms with van der Waals surface area (Å²) in [6.45, 7) is 2.21. The molecule has 6 heteroatoms. The Bertz CT molecular complexity index is 648. The quantitative estimate of drug-likeness (QED) is 0.935. The number of pyridine rings is 1. The summed E-state index contributed by atoms with van der Waals surface area (Å²) in [7, 11) is 0. The molecule has 1 aromatic heterocycles. The van der Waals surface area contributed by atoms with Gasteiger partial charge < -0.3 is 10.6 Å².